The van der Waals surface area contributed by atoms with Crippen LogP contribution in [0.1, 0.15) is 17.2 Å². The third kappa shape index (κ3) is 4.13. The number of hydrogen-bond acceptors (Lipinski definition) is 5. The molecule has 2 aromatic carbocycles. The molecule has 2 aromatic rings. The second-order valence-corrected chi connectivity index (χ2v) is 8.43. The monoisotopic (exact) mass is 457 g/mol. The Bertz CT molecular complexity index is 1100. The lowest BCUT2D eigenvalue weighted by Gasteiger charge is -2.32. The standard InChI is InChI=1S/C22H20ClN3O4S/c1-12-15(23)4-3-5-16(12)24-18(27)10-26-17-11-30-21(28)19(17)20(25-22(26)29)13-6-8-14(31-2)9-7-13/h3-9,20H,10-11H2,1-2H3,(H,24,27)(H,25,29). The van der Waals surface area contributed by atoms with Crippen LogP contribution in [0.15, 0.2) is 58.6 Å². The number of nitrogens with one attached hydrogen (secondary N) is 2. The summed E-state index contributed by atoms with van der Waals surface area (Å²) in [5.74, 6) is -0.903. The molecule has 1 atom stereocenters. The molecule has 0 aromatic heterocycles. The number of esters is 1. The first kappa shape index (κ1) is 21.3. The normalized spacial score (nSPS) is 17.9. The number of carbonyl (C=O) groups is 3. The Morgan fingerprint density at radius 2 is 2.00 bits per heavy atom. The maximum atomic E-state index is 12.9. The van der Waals surface area contributed by atoms with Gasteiger partial charge in [-0.1, -0.05) is 29.8 Å². The van der Waals surface area contributed by atoms with Crippen LogP contribution in [0.5, 0.6) is 0 Å². The lowest BCUT2D eigenvalue weighted by Crippen LogP contribution is -2.49. The summed E-state index contributed by atoms with van der Waals surface area (Å²) in [7, 11) is 0. The van der Waals surface area contributed by atoms with Crippen LogP contribution in [0.2, 0.25) is 5.02 Å². The van der Waals surface area contributed by atoms with Crippen molar-refractivity contribution in [2.24, 2.45) is 0 Å². The van der Waals surface area contributed by atoms with Gasteiger partial charge in [0.2, 0.25) is 5.91 Å². The van der Waals surface area contributed by atoms with Crippen molar-refractivity contribution in [3.8, 4) is 0 Å². The minimum absolute atomic E-state index is 0.0511. The molecule has 2 aliphatic rings. The van der Waals surface area contributed by atoms with E-state index in [2.05, 4.69) is 10.6 Å². The van der Waals surface area contributed by atoms with Crippen LogP contribution in [-0.4, -0.2) is 42.2 Å². The van der Waals surface area contributed by atoms with Crippen LogP contribution in [0, 0.1) is 6.92 Å². The van der Waals surface area contributed by atoms with E-state index in [1.807, 2.05) is 30.5 Å². The molecule has 4 rings (SSSR count). The van der Waals surface area contributed by atoms with E-state index >= 15 is 0 Å². The molecule has 2 N–H and O–H groups in total. The van der Waals surface area contributed by atoms with Crippen LogP contribution < -0.4 is 10.6 Å². The number of ether oxygens (including phenoxy) is 1. The van der Waals surface area contributed by atoms with Gasteiger partial charge in [0, 0.05) is 15.6 Å². The van der Waals surface area contributed by atoms with Gasteiger partial charge in [-0.15, -0.1) is 11.8 Å². The SMILES string of the molecule is CSc1ccc(C2NC(=O)N(CC(=O)Nc3cccc(Cl)c3C)C3=C2C(=O)OC3)cc1. The number of amides is 3. The molecule has 2 heterocycles. The minimum atomic E-state index is -0.622. The van der Waals surface area contributed by atoms with E-state index in [4.69, 9.17) is 16.3 Å². The van der Waals surface area contributed by atoms with Crippen molar-refractivity contribution >= 4 is 47.0 Å². The Labute approximate surface area is 188 Å². The smallest absolute Gasteiger partial charge is 0.338 e. The molecule has 0 bridgehead atoms. The van der Waals surface area contributed by atoms with E-state index in [0.717, 1.165) is 16.0 Å². The number of hydrogen-bond donors (Lipinski definition) is 2. The summed E-state index contributed by atoms with van der Waals surface area (Å²) in [5.41, 5.74) is 2.83. The molecule has 1 unspecified atom stereocenters. The summed E-state index contributed by atoms with van der Waals surface area (Å²) in [6.07, 6.45) is 1.97. The highest BCUT2D eigenvalue weighted by atomic mass is 35.5. The Balaban J connectivity index is 1.59. The van der Waals surface area contributed by atoms with E-state index < -0.39 is 23.9 Å². The molecule has 0 aliphatic carbocycles. The lowest BCUT2D eigenvalue weighted by molar-refractivity contribution is -0.136. The van der Waals surface area contributed by atoms with E-state index in [1.54, 1.807) is 36.9 Å². The van der Waals surface area contributed by atoms with Gasteiger partial charge in [0.25, 0.3) is 0 Å². The molecular weight excluding hydrogens is 438 g/mol. The molecule has 0 spiro atoms. The third-order valence-electron chi connectivity index (χ3n) is 5.29. The second kappa shape index (κ2) is 8.64. The van der Waals surface area contributed by atoms with Crippen molar-refractivity contribution in [3.63, 3.8) is 0 Å². The van der Waals surface area contributed by atoms with E-state index in [-0.39, 0.29) is 13.2 Å². The molecule has 0 fully saturated rings. The Morgan fingerprint density at radius 3 is 2.71 bits per heavy atom. The van der Waals surface area contributed by atoms with Crippen molar-refractivity contribution in [3.05, 3.63) is 69.9 Å². The van der Waals surface area contributed by atoms with Gasteiger partial charge in [-0.3, -0.25) is 9.69 Å². The number of cyclic esters (lactones) is 1. The first-order valence-corrected chi connectivity index (χ1v) is 11.2. The summed E-state index contributed by atoms with van der Waals surface area (Å²) in [5, 5.41) is 6.13. The highest BCUT2D eigenvalue weighted by molar-refractivity contribution is 7.98. The van der Waals surface area contributed by atoms with E-state index in [1.165, 1.54) is 4.90 Å². The summed E-state index contributed by atoms with van der Waals surface area (Å²) in [6.45, 7) is 1.48. The molecule has 0 saturated heterocycles. The molecule has 0 radical (unpaired) electrons. The third-order valence-corrected chi connectivity index (χ3v) is 6.44. The Kier molecular flexibility index (Phi) is 5.93. The summed E-state index contributed by atoms with van der Waals surface area (Å²) < 4.78 is 5.21. The van der Waals surface area contributed by atoms with E-state index in [9.17, 15) is 14.4 Å². The maximum absolute atomic E-state index is 12.9. The van der Waals surface area contributed by atoms with Gasteiger partial charge < -0.3 is 15.4 Å². The predicted octanol–water partition coefficient (Wildman–Crippen LogP) is 3.89. The van der Waals surface area contributed by atoms with Gasteiger partial charge in [0.15, 0.2) is 0 Å². The molecule has 3 amide bonds. The molecule has 160 valence electrons. The quantitative estimate of drug-likeness (QED) is 0.525. The average Bonchev–Trinajstić information content (AvgIpc) is 3.15. The fourth-order valence-electron chi connectivity index (χ4n) is 3.60. The summed E-state index contributed by atoms with van der Waals surface area (Å²) in [6, 6.07) is 11.7. The van der Waals surface area contributed by atoms with Crippen LogP contribution in [-0.2, 0) is 14.3 Å². The zero-order valence-corrected chi connectivity index (χ0v) is 18.5. The number of rotatable bonds is 5. The van der Waals surface area contributed by atoms with Gasteiger partial charge in [0.05, 0.1) is 17.3 Å². The zero-order valence-electron chi connectivity index (χ0n) is 16.9. The van der Waals surface area contributed by atoms with Crippen molar-refractivity contribution in [1.82, 2.24) is 10.2 Å². The highest BCUT2D eigenvalue weighted by Crippen LogP contribution is 2.35. The van der Waals surface area contributed by atoms with Crippen molar-refractivity contribution in [2.45, 2.75) is 17.9 Å². The summed E-state index contributed by atoms with van der Waals surface area (Å²) >= 11 is 7.71. The fourth-order valence-corrected chi connectivity index (χ4v) is 4.18. The number of halogens is 1. The second-order valence-electron chi connectivity index (χ2n) is 7.14. The topological polar surface area (TPSA) is 87.7 Å². The van der Waals surface area contributed by atoms with Gasteiger partial charge in [0.1, 0.15) is 13.2 Å². The van der Waals surface area contributed by atoms with Gasteiger partial charge in [-0.2, -0.15) is 0 Å². The number of nitrogens with zero attached hydrogens (tertiary/aromatic N) is 1. The molecular formula is C22H20ClN3O4S. The fraction of sp³-hybridized carbons (Fsp3) is 0.227. The highest BCUT2D eigenvalue weighted by Gasteiger charge is 2.42. The zero-order chi connectivity index (χ0) is 22.1. The molecule has 31 heavy (non-hydrogen) atoms. The van der Waals surface area contributed by atoms with E-state index in [0.29, 0.717) is 22.0 Å². The average molecular weight is 458 g/mol. The molecule has 7 nitrogen and oxygen atoms in total. The number of anilines is 1. The first-order valence-electron chi connectivity index (χ1n) is 9.56. The van der Waals surface area contributed by atoms with Crippen LogP contribution in [0.4, 0.5) is 10.5 Å². The van der Waals surface area contributed by atoms with Crippen LogP contribution >= 0.6 is 23.4 Å². The maximum Gasteiger partial charge on any atom is 0.338 e. The minimum Gasteiger partial charge on any atom is -0.456 e. The van der Waals surface area contributed by atoms with Gasteiger partial charge in [-0.25, -0.2) is 9.59 Å². The predicted molar refractivity (Wildman–Crippen MR) is 119 cm³/mol. The van der Waals surface area contributed by atoms with Gasteiger partial charge >= 0.3 is 12.0 Å². The molecule has 0 saturated carbocycles. The number of urea groups is 1. The number of benzene rings is 2. The summed E-state index contributed by atoms with van der Waals surface area (Å²) in [4.78, 5) is 40.3. The molecule has 9 heteroatoms. The number of thioether (sulfide) groups is 1. The number of carbonyl (C=O) groups excluding carboxylic acids is 3. The van der Waals surface area contributed by atoms with Crippen molar-refractivity contribution in [1.29, 1.82) is 0 Å². The van der Waals surface area contributed by atoms with Crippen molar-refractivity contribution in [2.75, 3.05) is 24.7 Å². The Hall–Kier alpha value is -2.97. The Morgan fingerprint density at radius 1 is 1.26 bits per heavy atom. The van der Waals surface area contributed by atoms with Crippen molar-refractivity contribution < 1.29 is 19.1 Å². The largest absolute Gasteiger partial charge is 0.456 e. The lowest BCUT2D eigenvalue weighted by atomic mass is 9.96. The molecule has 2 aliphatic heterocycles. The van der Waals surface area contributed by atoms with Crippen LogP contribution in [0.25, 0.3) is 0 Å². The van der Waals surface area contributed by atoms with Gasteiger partial charge in [-0.05, 0) is 48.6 Å². The first-order chi connectivity index (χ1) is 14.9. The van der Waals surface area contributed by atoms with Crippen LogP contribution in [0.3, 0.4) is 0 Å².